The van der Waals surface area contributed by atoms with E-state index in [2.05, 4.69) is 21.5 Å². The van der Waals surface area contributed by atoms with Gasteiger partial charge in [-0.2, -0.15) is 0 Å². The molecule has 12 heteroatoms. The van der Waals surface area contributed by atoms with Crippen molar-refractivity contribution in [1.29, 1.82) is 0 Å². The number of nitrogens with zero attached hydrogens (tertiary/aromatic N) is 5. The fourth-order valence-electron chi connectivity index (χ4n) is 4.41. The van der Waals surface area contributed by atoms with Crippen molar-refractivity contribution in [3.8, 4) is 33.8 Å². The van der Waals surface area contributed by atoms with Crippen LogP contribution >= 0.6 is 11.3 Å². The number of aromatic nitrogens is 4. The Hall–Kier alpha value is -4.97. The highest BCUT2D eigenvalue weighted by molar-refractivity contribution is 7.22. The topological polar surface area (TPSA) is 118 Å². The number of benzene rings is 2. The zero-order chi connectivity index (χ0) is 28.7. The van der Waals surface area contributed by atoms with Crippen molar-refractivity contribution >= 4 is 50.4 Å². The van der Waals surface area contributed by atoms with Crippen molar-refractivity contribution in [2.45, 2.75) is 13.2 Å². The van der Waals surface area contributed by atoms with Gasteiger partial charge in [-0.25, -0.2) is 24.7 Å². The van der Waals surface area contributed by atoms with Crippen molar-refractivity contribution in [3.63, 3.8) is 0 Å². The second-order valence-corrected chi connectivity index (χ2v) is 10.1. The second kappa shape index (κ2) is 10.5. The Kier molecular flexibility index (Phi) is 6.75. The molecule has 208 valence electrons. The summed E-state index contributed by atoms with van der Waals surface area (Å²) in [5, 5.41) is 0.747. The second-order valence-electron chi connectivity index (χ2n) is 9.13. The lowest BCUT2D eigenvalue weighted by Crippen LogP contribution is -2.38. The summed E-state index contributed by atoms with van der Waals surface area (Å²) in [5.74, 6) is 1.88. The van der Waals surface area contributed by atoms with E-state index in [1.165, 1.54) is 29.5 Å². The maximum Gasteiger partial charge on any atom is 0.417 e. The number of carbonyl (C=O) groups is 1. The van der Waals surface area contributed by atoms with Crippen LogP contribution < -0.4 is 23.8 Å². The van der Waals surface area contributed by atoms with Gasteiger partial charge < -0.3 is 23.7 Å². The highest BCUT2D eigenvalue weighted by Crippen LogP contribution is 2.46. The number of rotatable bonds is 6. The van der Waals surface area contributed by atoms with Crippen molar-refractivity contribution in [1.82, 2.24) is 19.9 Å². The van der Waals surface area contributed by atoms with E-state index in [0.717, 1.165) is 31.9 Å². The molecule has 1 aliphatic rings. The summed E-state index contributed by atoms with van der Waals surface area (Å²) >= 11 is 1.46. The zero-order valence-corrected chi connectivity index (χ0v) is 23.5. The molecule has 0 aliphatic carbocycles. The summed E-state index contributed by atoms with van der Waals surface area (Å²) in [6, 6.07) is 9.09. The minimum atomic E-state index is -0.939. The Labute approximate surface area is 239 Å². The van der Waals surface area contributed by atoms with E-state index in [1.807, 2.05) is 25.1 Å². The van der Waals surface area contributed by atoms with Gasteiger partial charge in [-0.3, -0.25) is 4.90 Å². The first-order valence-electron chi connectivity index (χ1n) is 12.5. The largest absolute Gasteiger partial charge is 0.481 e. The smallest absolute Gasteiger partial charge is 0.417 e. The molecule has 0 saturated carbocycles. The molecule has 41 heavy (non-hydrogen) atoms. The normalized spacial score (nSPS) is 14.1. The molecule has 2 aromatic carbocycles. The maximum absolute atomic E-state index is 12.8. The van der Waals surface area contributed by atoms with Crippen LogP contribution in [0.1, 0.15) is 11.1 Å². The fraction of sp³-hybridized carbons (Fsp3) is 0.207. The SMILES string of the molecule is C=Cc1cc(-c2nc3c(C)cc4c(c3s2)OCC(OC(=O)N(C)c2ccc(OC)nc2)O4)c2ncc(OC)nc2c1. The van der Waals surface area contributed by atoms with Crippen molar-refractivity contribution in [2.75, 3.05) is 32.8 Å². The highest BCUT2D eigenvalue weighted by atomic mass is 32.1. The number of pyridine rings is 1. The number of ether oxygens (including phenoxy) is 5. The summed E-state index contributed by atoms with van der Waals surface area (Å²) in [7, 11) is 4.66. The van der Waals surface area contributed by atoms with Crippen LogP contribution in [0.2, 0.25) is 0 Å². The Morgan fingerprint density at radius 1 is 1.10 bits per heavy atom. The number of hydrogen-bond acceptors (Lipinski definition) is 11. The van der Waals surface area contributed by atoms with Gasteiger partial charge in [0.05, 0.1) is 48.9 Å². The van der Waals surface area contributed by atoms with Gasteiger partial charge in [0.25, 0.3) is 6.29 Å². The number of hydrogen-bond donors (Lipinski definition) is 0. The van der Waals surface area contributed by atoms with Gasteiger partial charge in [0.1, 0.15) is 9.71 Å². The molecule has 1 aliphatic heterocycles. The Morgan fingerprint density at radius 2 is 1.93 bits per heavy atom. The van der Waals surface area contributed by atoms with E-state index in [9.17, 15) is 4.79 Å². The van der Waals surface area contributed by atoms with Crippen LogP contribution in [0, 0.1) is 6.92 Å². The summed E-state index contributed by atoms with van der Waals surface area (Å²) in [6.45, 7) is 5.87. The van der Waals surface area contributed by atoms with E-state index < -0.39 is 12.4 Å². The van der Waals surface area contributed by atoms with Gasteiger partial charge in [0, 0.05) is 18.7 Å². The minimum absolute atomic E-state index is 0.0129. The molecule has 0 bridgehead atoms. The van der Waals surface area contributed by atoms with Crippen molar-refractivity contribution < 1.29 is 28.5 Å². The molecule has 6 rings (SSSR count). The molecular formula is C29H25N5O6S. The Morgan fingerprint density at radius 3 is 2.66 bits per heavy atom. The third-order valence-electron chi connectivity index (χ3n) is 6.55. The van der Waals surface area contributed by atoms with Crippen LogP contribution in [-0.2, 0) is 4.74 Å². The van der Waals surface area contributed by atoms with Crippen LogP contribution in [0.4, 0.5) is 10.5 Å². The van der Waals surface area contributed by atoms with Gasteiger partial charge in [-0.15, -0.1) is 11.3 Å². The summed E-state index contributed by atoms with van der Waals surface area (Å²) < 4.78 is 28.9. The molecule has 0 fully saturated rings. The predicted octanol–water partition coefficient (Wildman–Crippen LogP) is 5.64. The molecule has 0 saturated heterocycles. The molecule has 0 spiro atoms. The molecule has 0 radical (unpaired) electrons. The average Bonchev–Trinajstić information content (AvgIpc) is 3.46. The van der Waals surface area contributed by atoms with Crippen molar-refractivity contribution in [3.05, 3.63) is 60.4 Å². The molecule has 5 aromatic rings. The van der Waals surface area contributed by atoms with Gasteiger partial charge in [0.2, 0.25) is 11.8 Å². The van der Waals surface area contributed by atoms with Gasteiger partial charge in [0.15, 0.2) is 18.1 Å². The number of anilines is 1. The molecule has 4 heterocycles. The van der Waals surface area contributed by atoms with Crippen LogP contribution in [0.25, 0.3) is 37.9 Å². The molecule has 11 nitrogen and oxygen atoms in total. The minimum Gasteiger partial charge on any atom is -0.481 e. The first-order valence-corrected chi connectivity index (χ1v) is 13.4. The predicted molar refractivity (Wildman–Crippen MR) is 155 cm³/mol. The molecule has 1 unspecified atom stereocenters. The fourth-order valence-corrected chi connectivity index (χ4v) is 5.56. The first kappa shape index (κ1) is 26.3. The molecule has 1 atom stereocenters. The number of carbonyl (C=O) groups excluding carboxylic acids is 1. The quantitative estimate of drug-likeness (QED) is 0.253. The van der Waals surface area contributed by atoms with E-state index in [1.54, 1.807) is 38.6 Å². The van der Waals surface area contributed by atoms with E-state index in [4.69, 9.17) is 28.7 Å². The zero-order valence-electron chi connectivity index (χ0n) is 22.7. The highest BCUT2D eigenvalue weighted by Gasteiger charge is 2.30. The van der Waals surface area contributed by atoms with Gasteiger partial charge >= 0.3 is 6.09 Å². The molecule has 1 amide bonds. The lowest BCUT2D eigenvalue weighted by Gasteiger charge is -2.28. The number of fused-ring (bicyclic) bond motifs is 4. The standard InChI is InChI=1S/C29H25N5O6S/c1-6-16-10-18(25-19(11-16)32-22(37-5)13-31-25)28-33-24-15(2)9-20-26(27(24)41-28)38-14-23(39-20)40-29(35)34(3)17-7-8-21(36-4)30-12-17/h6-13,23H,1,14H2,2-5H3. The lowest BCUT2D eigenvalue weighted by atomic mass is 10.1. The number of aryl methyl sites for hydroxylation is 1. The van der Waals surface area contributed by atoms with E-state index >= 15 is 0 Å². The molecule has 0 N–H and O–H groups in total. The Bertz CT molecular complexity index is 1810. The number of methoxy groups -OCH3 is 2. The molecular weight excluding hydrogens is 546 g/mol. The summed E-state index contributed by atoms with van der Waals surface area (Å²) in [5.41, 5.74) is 5.29. The number of amides is 1. The van der Waals surface area contributed by atoms with E-state index in [0.29, 0.717) is 40.0 Å². The van der Waals surface area contributed by atoms with Crippen LogP contribution in [0.5, 0.6) is 23.3 Å². The van der Waals surface area contributed by atoms with Crippen LogP contribution in [-0.4, -0.2) is 60.2 Å². The lowest BCUT2D eigenvalue weighted by molar-refractivity contribution is -0.0718. The summed E-state index contributed by atoms with van der Waals surface area (Å²) in [4.78, 5) is 32.3. The van der Waals surface area contributed by atoms with Crippen molar-refractivity contribution in [2.24, 2.45) is 0 Å². The van der Waals surface area contributed by atoms with Gasteiger partial charge in [-0.1, -0.05) is 12.7 Å². The van der Waals surface area contributed by atoms with Crippen LogP contribution in [0.3, 0.4) is 0 Å². The monoisotopic (exact) mass is 571 g/mol. The third-order valence-corrected chi connectivity index (χ3v) is 7.63. The average molecular weight is 572 g/mol. The maximum atomic E-state index is 12.8. The first-order chi connectivity index (χ1) is 19.9. The third kappa shape index (κ3) is 4.82. The Balaban J connectivity index is 1.29. The number of thiazole rings is 1. The summed E-state index contributed by atoms with van der Waals surface area (Å²) in [6.07, 6.45) is 3.31. The van der Waals surface area contributed by atoms with Gasteiger partial charge in [-0.05, 0) is 42.3 Å². The molecule has 3 aromatic heterocycles. The van der Waals surface area contributed by atoms with E-state index in [-0.39, 0.29) is 6.61 Å². The van der Waals surface area contributed by atoms with Crippen LogP contribution in [0.15, 0.2) is 49.3 Å².